The summed E-state index contributed by atoms with van der Waals surface area (Å²) >= 11 is 1.44. The predicted molar refractivity (Wildman–Crippen MR) is 64.5 cm³/mol. The number of nitrogens with two attached hydrogens (primary N) is 1. The lowest BCUT2D eigenvalue weighted by molar-refractivity contribution is 0.362. The number of nitrogens with one attached hydrogen (secondary N) is 1. The van der Waals surface area contributed by atoms with Crippen LogP contribution in [0.2, 0.25) is 0 Å². The predicted octanol–water partition coefficient (Wildman–Crippen LogP) is 1.55. The van der Waals surface area contributed by atoms with Gasteiger partial charge >= 0.3 is 0 Å². The van der Waals surface area contributed by atoms with E-state index in [9.17, 15) is 0 Å². The van der Waals surface area contributed by atoms with Gasteiger partial charge in [0.1, 0.15) is 0 Å². The van der Waals surface area contributed by atoms with E-state index < -0.39 is 0 Å². The Morgan fingerprint density at radius 1 is 1.31 bits per heavy atom. The molecule has 1 saturated heterocycles. The van der Waals surface area contributed by atoms with E-state index in [4.69, 9.17) is 11.1 Å². The van der Waals surface area contributed by atoms with Gasteiger partial charge in [-0.25, -0.2) is 0 Å². The van der Waals surface area contributed by atoms with Crippen LogP contribution in [0.15, 0.2) is 0 Å². The zero-order chi connectivity index (χ0) is 8.10. The molecule has 3 nitrogen and oxygen atoms in total. The highest BCUT2D eigenvalue weighted by Gasteiger charge is 2.10. The van der Waals surface area contributed by atoms with Gasteiger partial charge in [0, 0.05) is 12.3 Å². The third-order valence-electron chi connectivity index (χ3n) is 1.86. The van der Waals surface area contributed by atoms with E-state index in [1.165, 1.54) is 37.7 Å². The van der Waals surface area contributed by atoms with Crippen molar-refractivity contribution in [3.8, 4) is 0 Å². The molecule has 3 N–H and O–H groups in total. The number of rotatable bonds is 3. The molecule has 0 atom stereocenters. The molecule has 1 heterocycles. The minimum absolute atomic E-state index is 0. The van der Waals surface area contributed by atoms with E-state index in [1.54, 1.807) is 0 Å². The van der Waals surface area contributed by atoms with Crippen LogP contribution in [0.1, 0.15) is 12.8 Å². The number of amidine groups is 1. The molecule has 0 aromatic carbocycles. The van der Waals surface area contributed by atoms with Gasteiger partial charge in [-0.3, -0.25) is 5.41 Å². The van der Waals surface area contributed by atoms with Crippen LogP contribution in [0, 0.1) is 5.41 Å². The maximum absolute atomic E-state index is 6.99. The minimum atomic E-state index is 0. The Morgan fingerprint density at radius 2 is 1.85 bits per heavy atom. The number of thioether (sulfide) groups is 1. The summed E-state index contributed by atoms with van der Waals surface area (Å²) in [6, 6.07) is 0. The van der Waals surface area contributed by atoms with Crippen LogP contribution in [-0.2, 0) is 0 Å². The van der Waals surface area contributed by atoms with Crippen molar-refractivity contribution in [1.29, 1.82) is 5.41 Å². The molecular formula is C7H17Cl2N3S. The molecular weight excluding hydrogens is 229 g/mol. The van der Waals surface area contributed by atoms with Crippen LogP contribution in [0.25, 0.3) is 0 Å². The molecule has 6 heteroatoms. The number of likely N-dealkylation sites (tertiary alicyclic amines) is 1. The fraction of sp³-hybridized carbons (Fsp3) is 0.857. The van der Waals surface area contributed by atoms with E-state index in [0.717, 1.165) is 12.3 Å². The van der Waals surface area contributed by atoms with Crippen LogP contribution < -0.4 is 5.73 Å². The molecule has 0 spiro atoms. The Bertz CT molecular complexity index is 140. The van der Waals surface area contributed by atoms with Gasteiger partial charge < -0.3 is 10.6 Å². The van der Waals surface area contributed by atoms with Crippen LogP contribution in [0.4, 0.5) is 0 Å². The summed E-state index contributed by atoms with van der Waals surface area (Å²) in [7, 11) is 0. The SMILES string of the molecule is Cl.Cl.N=C(N)SCCN1CCCC1. The van der Waals surface area contributed by atoms with Crippen LogP contribution >= 0.6 is 36.6 Å². The molecule has 13 heavy (non-hydrogen) atoms. The Labute approximate surface area is 96.1 Å². The molecule has 0 saturated carbocycles. The Hall–Kier alpha value is 0.360. The maximum Gasteiger partial charge on any atom is 0.151 e. The lowest BCUT2D eigenvalue weighted by atomic mass is 10.4. The highest BCUT2D eigenvalue weighted by Crippen LogP contribution is 2.08. The standard InChI is InChI=1S/C7H15N3S.2ClH/c8-7(9)11-6-5-10-3-1-2-4-10;;/h1-6H2,(H3,8,9);2*1H. The second-order valence-corrected chi connectivity index (χ2v) is 3.90. The normalized spacial score (nSPS) is 16.0. The third-order valence-corrected chi connectivity index (χ3v) is 2.56. The van der Waals surface area contributed by atoms with E-state index in [1.807, 2.05) is 0 Å². The van der Waals surface area contributed by atoms with Gasteiger partial charge in [-0.2, -0.15) is 0 Å². The molecule has 0 bridgehead atoms. The molecule has 1 aliphatic rings. The van der Waals surface area contributed by atoms with Crippen molar-refractivity contribution in [3.05, 3.63) is 0 Å². The molecule has 80 valence electrons. The van der Waals surface area contributed by atoms with E-state index in [0.29, 0.717) is 0 Å². The summed E-state index contributed by atoms with van der Waals surface area (Å²) < 4.78 is 0. The minimum Gasteiger partial charge on any atom is -0.379 e. The number of hydrogen-bond donors (Lipinski definition) is 2. The smallest absolute Gasteiger partial charge is 0.151 e. The van der Waals surface area contributed by atoms with Crippen molar-refractivity contribution >= 4 is 41.7 Å². The zero-order valence-electron chi connectivity index (χ0n) is 7.49. The van der Waals surface area contributed by atoms with Gasteiger partial charge in [0.15, 0.2) is 5.17 Å². The fourth-order valence-electron chi connectivity index (χ4n) is 1.29. The molecule has 0 aromatic heterocycles. The first-order chi connectivity index (χ1) is 5.29. The van der Waals surface area contributed by atoms with Gasteiger partial charge in [0.05, 0.1) is 0 Å². The first kappa shape index (κ1) is 15.8. The fourth-order valence-corrected chi connectivity index (χ4v) is 1.86. The third kappa shape index (κ3) is 7.43. The maximum atomic E-state index is 6.99. The van der Waals surface area contributed by atoms with E-state index in [-0.39, 0.29) is 30.0 Å². The summed E-state index contributed by atoms with van der Waals surface area (Å²) in [6.45, 7) is 3.56. The van der Waals surface area contributed by atoms with Crippen LogP contribution in [-0.4, -0.2) is 35.5 Å². The van der Waals surface area contributed by atoms with Gasteiger partial charge in [-0.15, -0.1) is 24.8 Å². The van der Waals surface area contributed by atoms with Gasteiger partial charge in [0.25, 0.3) is 0 Å². The largest absolute Gasteiger partial charge is 0.379 e. The highest BCUT2D eigenvalue weighted by molar-refractivity contribution is 8.13. The van der Waals surface area contributed by atoms with Gasteiger partial charge in [-0.1, -0.05) is 11.8 Å². The molecule has 1 rings (SSSR count). The topological polar surface area (TPSA) is 53.1 Å². The Morgan fingerprint density at radius 3 is 2.31 bits per heavy atom. The highest BCUT2D eigenvalue weighted by atomic mass is 35.5. The molecule has 0 amide bonds. The summed E-state index contributed by atoms with van der Waals surface area (Å²) in [5.74, 6) is 0.968. The number of halogens is 2. The van der Waals surface area contributed by atoms with Crippen molar-refractivity contribution in [2.24, 2.45) is 5.73 Å². The average Bonchev–Trinajstić information content (AvgIpc) is 2.39. The molecule has 0 aromatic rings. The summed E-state index contributed by atoms with van der Waals surface area (Å²) in [5.41, 5.74) is 5.20. The second kappa shape index (κ2) is 8.94. The number of nitrogens with zero attached hydrogens (tertiary/aromatic N) is 1. The lowest BCUT2D eigenvalue weighted by Crippen LogP contribution is -2.23. The van der Waals surface area contributed by atoms with Crippen LogP contribution in [0.5, 0.6) is 0 Å². The molecule has 1 fully saturated rings. The van der Waals surface area contributed by atoms with Crippen molar-refractivity contribution in [2.45, 2.75) is 12.8 Å². The zero-order valence-corrected chi connectivity index (χ0v) is 9.94. The molecule has 0 unspecified atom stereocenters. The number of hydrogen-bond acceptors (Lipinski definition) is 3. The molecule has 0 radical (unpaired) electrons. The summed E-state index contributed by atoms with van der Waals surface area (Å²) in [5, 5.41) is 7.23. The quantitative estimate of drug-likeness (QED) is 0.587. The van der Waals surface area contributed by atoms with E-state index >= 15 is 0 Å². The van der Waals surface area contributed by atoms with Gasteiger partial charge in [0.2, 0.25) is 0 Å². The second-order valence-electron chi connectivity index (χ2n) is 2.76. The summed E-state index contributed by atoms with van der Waals surface area (Å²) in [6.07, 6.45) is 2.68. The Balaban J connectivity index is 0. The van der Waals surface area contributed by atoms with Crippen molar-refractivity contribution in [1.82, 2.24) is 4.90 Å². The van der Waals surface area contributed by atoms with Gasteiger partial charge in [-0.05, 0) is 25.9 Å². The van der Waals surface area contributed by atoms with E-state index in [2.05, 4.69) is 4.90 Å². The lowest BCUT2D eigenvalue weighted by Gasteiger charge is -2.12. The van der Waals surface area contributed by atoms with Crippen molar-refractivity contribution < 1.29 is 0 Å². The Kier molecular flexibility index (Phi) is 10.9. The molecule has 0 aliphatic carbocycles. The molecule has 1 aliphatic heterocycles. The first-order valence-electron chi connectivity index (χ1n) is 3.98. The monoisotopic (exact) mass is 245 g/mol. The summed E-state index contributed by atoms with van der Waals surface area (Å²) in [4.78, 5) is 2.43. The van der Waals surface area contributed by atoms with Crippen molar-refractivity contribution in [3.63, 3.8) is 0 Å². The first-order valence-corrected chi connectivity index (χ1v) is 4.97. The van der Waals surface area contributed by atoms with Crippen molar-refractivity contribution in [2.75, 3.05) is 25.4 Å². The average molecular weight is 246 g/mol. The van der Waals surface area contributed by atoms with Crippen LogP contribution in [0.3, 0.4) is 0 Å².